The van der Waals surface area contributed by atoms with Crippen LogP contribution in [0.25, 0.3) is 0 Å². The van der Waals surface area contributed by atoms with E-state index in [0.29, 0.717) is 23.6 Å². The number of amides is 1. The zero-order chi connectivity index (χ0) is 15.4. The molecule has 1 unspecified atom stereocenters. The van der Waals surface area contributed by atoms with Gasteiger partial charge in [-0.15, -0.1) is 0 Å². The first-order valence-corrected chi connectivity index (χ1v) is 7.48. The summed E-state index contributed by atoms with van der Waals surface area (Å²) in [5, 5.41) is 19.9. The summed E-state index contributed by atoms with van der Waals surface area (Å²) in [6, 6.07) is 5.01. The second kappa shape index (κ2) is 6.57. The first-order valence-electron chi connectivity index (χ1n) is 6.32. The summed E-state index contributed by atoms with van der Waals surface area (Å²) < 4.78 is 0. The highest BCUT2D eigenvalue weighted by atomic mass is 32.2. The van der Waals surface area contributed by atoms with E-state index in [9.17, 15) is 19.7 Å². The second-order valence-corrected chi connectivity index (χ2v) is 5.77. The van der Waals surface area contributed by atoms with Crippen molar-refractivity contribution in [3.63, 3.8) is 0 Å². The lowest BCUT2D eigenvalue weighted by Gasteiger charge is -2.32. The number of hydrogen-bond donors (Lipinski definition) is 1. The van der Waals surface area contributed by atoms with Gasteiger partial charge in [0, 0.05) is 30.2 Å². The molecule has 112 valence electrons. The van der Waals surface area contributed by atoms with Gasteiger partial charge in [0.25, 0.3) is 5.69 Å². The smallest absolute Gasteiger partial charge is 0.327 e. The minimum atomic E-state index is -1.02. The maximum absolute atomic E-state index is 12.2. The van der Waals surface area contributed by atoms with Crippen molar-refractivity contribution in [2.75, 3.05) is 18.1 Å². The molecule has 2 rings (SSSR count). The number of nitro benzene ring substituents is 1. The largest absolute Gasteiger partial charge is 0.480 e. The van der Waals surface area contributed by atoms with Crippen LogP contribution in [-0.4, -0.2) is 50.9 Å². The van der Waals surface area contributed by atoms with Gasteiger partial charge in [0.1, 0.15) is 6.04 Å². The molecule has 1 heterocycles. The zero-order valence-corrected chi connectivity index (χ0v) is 11.9. The Balaban J connectivity index is 2.11. The van der Waals surface area contributed by atoms with E-state index in [-0.39, 0.29) is 18.0 Å². The Kier molecular flexibility index (Phi) is 4.79. The quantitative estimate of drug-likeness (QED) is 0.661. The maximum Gasteiger partial charge on any atom is 0.327 e. The monoisotopic (exact) mass is 310 g/mol. The molecular formula is C13H14N2O5S. The van der Waals surface area contributed by atoms with Crippen molar-refractivity contribution in [3.05, 3.63) is 39.9 Å². The number of benzene rings is 1. The van der Waals surface area contributed by atoms with Crippen molar-refractivity contribution >= 4 is 29.3 Å². The van der Waals surface area contributed by atoms with E-state index in [4.69, 9.17) is 5.11 Å². The molecule has 7 nitrogen and oxygen atoms in total. The summed E-state index contributed by atoms with van der Waals surface area (Å²) in [7, 11) is 0. The van der Waals surface area contributed by atoms with Crippen LogP contribution in [0.2, 0.25) is 0 Å². The first-order chi connectivity index (χ1) is 9.99. The fraction of sp³-hybridized carbons (Fsp3) is 0.385. The summed E-state index contributed by atoms with van der Waals surface area (Å²) in [4.78, 5) is 34.9. The van der Waals surface area contributed by atoms with Gasteiger partial charge in [-0.1, -0.05) is 12.1 Å². The predicted molar refractivity (Wildman–Crippen MR) is 77.3 cm³/mol. The molecule has 8 heteroatoms. The summed E-state index contributed by atoms with van der Waals surface area (Å²) in [5.41, 5.74) is 0.431. The van der Waals surface area contributed by atoms with E-state index in [1.807, 2.05) is 0 Å². The third kappa shape index (κ3) is 3.72. The Morgan fingerprint density at radius 1 is 1.48 bits per heavy atom. The van der Waals surface area contributed by atoms with Crippen LogP contribution < -0.4 is 0 Å². The number of thioether (sulfide) groups is 1. The van der Waals surface area contributed by atoms with Gasteiger partial charge in [0.15, 0.2) is 0 Å². The fourth-order valence-electron chi connectivity index (χ4n) is 2.16. The van der Waals surface area contributed by atoms with Gasteiger partial charge >= 0.3 is 5.97 Å². The van der Waals surface area contributed by atoms with E-state index in [2.05, 4.69) is 0 Å². The lowest BCUT2D eigenvalue weighted by atomic mass is 10.1. The minimum absolute atomic E-state index is 0.0316. The summed E-state index contributed by atoms with van der Waals surface area (Å²) in [5.74, 6) is -0.265. The van der Waals surface area contributed by atoms with Gasteiger partial charge in [-0.25, -0.2) is 4.79 Å². The first kappa shape index (κ1) is 15.3. The molecule has 0 spiro atoms. The van der Waals surface area contributed by atoms with Crippen LogP contribution in [0, 0.1) is 10.1 Å². The Labute approximate surface area is 125 Å². The van der Waals surface area contributed by atoms with Crippen molar-refractivity contribution in [3.8, 4) is 0 Å². The van der Waals surface area contributed by atoms with Crippen molar-refractivity contribution in [2.24, 2.45) is 0 Å². The molecule has 0 radical (unpaired) electrons. The van der Waals surface area contributed by atoms with Gasteiger partial charge in [-0.05, 0) is 5.56 Å². The molecule has 21 heavy (non-hydrogen) atoms. The number of non-ortho nitro benzene ring substituents is 1. The number of rotatable bonds is 4. The lowest BCUT2D eigenvalue weighted by Crippen LogP contribution is -2.50. The van der Waals surface area contributed by atoms with E-state index in [1.165, 1.54) is 34.9 Å². The molecule has 1 aliphatic rings. The van der Waals surface area contributed by atoms with E-state index in [1.54, 1.807) is 6.07 Å². The SMILES string of the molecule is O=C(O)C1CSCCN1C(=O)Cc1cccc([N+](=O)[O-])c1. The van der Waals surface area contributed by atoms with Gasteiger partial charge in [0.2, 0.25) is 5.91 Å². The Bertz CT molecular complexity index is 577. The number of carboxylic acids is 1. The Hall–Kier alpha value is -2.09. The standard InChI is InChI=1S/C13H14N2O5S/c16-12(14-4-5-21-8-11(14)13(17)18)7-9-2-1-3-10(6-9)15(19)20/h1-3,6,11H,4-5,7-8H2,(H,17,18). The predicted octanol–water partition coefficient (Wildman–Crippen LogP) is 1.17. The number of carboxylic acid groups (broad SMARTS) is 1. The number of hydrogen-bond acceptors (Lipinski definition) is 5. The fourth-order valence-corrected chi connectivity index (χ4v) is 3.20. The second-order valence-electron chi connectivity index (χ2n) is 4.62. The summed E-state index contributed by atoms with van der Waals surface area (Å²) in [6.45, 7) is 0.384. The zero-order valence-electron chi connectivity index (χ0n) is 11.1. The highest BCUT2D eigenvalue weighted by molar-refractivity contribution is 7.99. The minimum Gasteiger partial charge on any atom is -0.480 e. The molecule has 1 aromatic rings. The molecule has 1 atom stereocenters. The van der Waals surface area contributed by atoms with Crippen molar-refractivity contribution in [1.29, 1.82) is 0 Å². The van der Waals surface area contributed by atoms with Gasteiger partial charge in [-0.2, -0.15) is 11.8 Å². The number of aliphatic carboxylic acids is 1. The molecule has 1 N–H and O–H groups in total. The van der Waals surface area contributed by atoms with Crippen LogP contribution in [0.5, 0.6) is 0 Å². The van der Waals surface area contributed by atoms with Crippen LogP contribution in [-0.2, 0) is 16.0 Å². The van der Waals surface area contributed by atoms with Crippen LogP contribution in [0.1, 0.15) is 5.56 Å². The molecule has 0 aromatic heterocycles. The third-order valence-corrected chi connectivity index (χ3v) is 4.23. The highest BCUT2D eigenvalue weighted by Crippen LogP contribution is 2.19. The van der Waals surface area contributed by atoms with E-state index < -0.39 is 16.9 Å². The van der Waals surface area contributed by atoms with Gasteiger partial charge < -0.3 is 10.0 Å². The molecule has 1 aromatic carbocycles. The lowest BCUT2D eigenvalue weighted by molar-refractivity contribution is -0.384. The molecule has 0 saturated carbocycles. The molecule has 1 aliphatic heterocycles. The maximum atomic E-state index is 12.2. The Morgan fingerprint density at radius 2 is 2.24 bits per heavy atom. The molecule has 0 bridgehead atoms. The number of carbonyl (C=O) groups is 2. The molecule has 1 saturated heterocycles. The van der Waals surface area contributed by atoms with Crippen LogP contribution in [0.3, 0.4) is 0 Å². The molecule has 1 fully saturated rings. The number of nitro groups is 1. The van der Waals surface area contributed by atoms with Crippen molar-refractivity contribution < 1.29 is 19.6 Å². The number of carbonyl (C=O) groups excluding carboxylic acids is 1. The average Bonchev–Trinajstić information content (AvgIpc) is 2.47. The van der Waals surface area contributed by atoms with Crippen molar-refractivity contribution in [2.45, 2.75) is 12.5 Å². The normalized spacial score (nSPS) is 18.3. The van der Waals surface area contributed by atoms with Crippen molar-refractivity contribution in [1.82, 2.24) is 4.90 Å². The third-order valence-electron chi connectivity index (χ3n) is 3.21. The Morgan fingerprint density at radius 3 is 2.90 bits per heavy atom. The van der Waals surface area contributed by atoms with E-state index in [0.717, 1.165) is 0 Å². The number of nitrogens with zero attached hydrogens (tertiary/aromatic N) is 2. The summed E-state index contributed by atoms with van der Waals surface area (Å²) in [6.07, 6.45) is -0.0316. The summed E-state index contributed by atoms with van der Waals surface area (Å²) >= 11 is 1.50. The van der Waals surface area contributed by atoms with Crippen LogP contribution in [0.15, 0.2) is 24.3 Å². The van der Waals surface area contributed by atoms with Gasteiger partial charge in [-0.3, -0.25) is 14.9 Å². The van der Waals surface area contributed by atoms with Crippen LogP contribution in [0.4, 0.5) is 5.69 Å². The topological polar surface area (TPSA) is 101 Å². The highest BCUT2D eigenvalue weighted by Gasteiger charge is 2.32. The molecular weight excluding hydrogens is 296 g/mol. The molecule has 1 amide bonds. The molecule has 0 aliphatic carbocycles. The van der Waals surface area contributed by atoms with Crippen LogP contribution >= 0.6 is 11.8 Å². The average molecular weight is 310 g/mol. The van der Waals surface area contributed by atoms with E-state index >= 15 is 0 Å². The van der Waals surface area contributed by atoms with Gasteiger partial charge in [0.05, 0.1) is 11.3 Å².